The quantitative estimate of drug-likeness (QED) is 0.630. The topological polar surface area (TPSA) is 36.9 Å². The lowest BCUT2D eigenvalue weighted by atomic mass is 9.99. The van der Waals surface area contributed by atoms with Gasteiger partial charge in [-0.15, -0.1) is 0 Å². The van der Waals surface area contributed by atoms with Crippen LogP contribution in [0.25, 0.3) is 0 Å². The fraction of sp³-hybridized carbons (Fsp3) is 0.611. The number of guanidine groups is 1. The van der Waals surface area contributed by atoms with Crippen LogP contribution in [0, 0.1) is 5.82 Å². The van der Waals surface area contributed by atoms with E-state index in [-0.39, 0.29) is 10.6 Å². The Hall–Kier alpha value is -1.27. The molecule has 4 nitrogen and oxygen atoms in total. The van der Waals surface area contributed by atoms with Crippen LogP contribution in [0.5, 0.6) is 0 Å². The Kier molecular flexibility index (Phi) is 7.37. The van der Waals surface area contributed by atoms with Gasteiger partial charge in [-0.1, -0.05) is 19.1 Å². The Morgan fingerprint density at radius 3 is 2.79 bits per heavy atom. The van der Waals surface area contributed by atoms with Gasteiger partial charge in [0.1, 0.15) is 5.82 Å². The average molecular weight is 354 g/mol. The van der Waals surface area contributed by atoms with Crippen LogP contribution in [0.2, 0.25) is 0 Å². The third-order valence-corrected chi connectivity index (χ3v) is 5.76. The Bertz CT molecular complexity index is 541. The van der Waals surface area contributed by atoms with Gasteiger partial charge in [-0.3, -0.25) is 4.99 Å². The summed E-state index contributed by atoms with van der Waals surface area (Å²) in [5.41, 5.74) is 0.934. The van der Waals surface area contributed by atoms with Gasteiger partial charge in [-0.25, -0.2) is 4.39 Å². The molecule has 134 valence electrons. The number of benzene rings is 1. The molecule has 0 saturated carbocycles. The van der Waals surface area contributed by atoms with Crippen LogP contribution in [-0.4, -0.2) is 55.2 Å². The van der Waals surface area contributed by atoms with Gasteiger partial charge < -0.3 is 15.0 Å². The Balaban J connectivity index is 1.95. The number of ether oxygens (including phenoxy) is 1. The molecule has 0 radical (unpaired) electrons. The van der Waals surface area contributed by atoms with Crippen LogP contribution >= 0.6 is 11.8 Å². The molecule has 24 heavy (non-hydrogen) atoms. The van der Waals surface area contributed by atoms with Crippen molar-refractivity contribution in [2.24, 2.45) is 4.99 Å². The van der Waals surface area contributed by atoms with E-state index in [0.29, 0.717) is 6.54 Å². The number of hydrogen-bond donors (Lipinski definition) is 1. The average Bonchev–Trinajstić information content (AvgIpc) is 2.56. The number of hydrogen-bond acceptors (Lipinski definition) is 3. The van der Waals surface area contributed by atoms with Crippen LogP contribution in [0.15, 0.2) is 29.3 Å². The Morgan fingerprint density at radius 1 is 1.42 bits per heavy atom. The maximum Gasteiger partial charge on any atom is 0.193 e. The summed E-state index contributed by atoms with van der Waals surface area (Å²) in [6.45, 7) is 5.34. The zero-order valence-electron chi connectivity index (χ0n) is 14.8. The van der Waals surface area contributed by atoms with Gasteiger partial charge >= 0.3 is 0 Å². The highest BCUT2D eigenvalue weighted by Crippen LogP contribution is 2.34. The molecule has 0 unspecified atom stereocenters. The molecule has 1 aromatic carbocycles. The Morgan fingerprint density at radius 2 is 2.17 bits per heavy atom. The van der Waals surface area contributed by atoms with Gasteiger partial charge in [0.05, 0.1) is 0 Å². The zero-order valence-corrected chi connectivity index (χ0v) is 15.7. The molecular weight excluding hydrogens is 325 g/mol. The highest BCUT2D eigenvalue weighted by molar-refractivity contribution is 8.00. The van der Waals surface area contributed by atoms with Crippen LogP contribution < -0.4 is 5.32 Å². The summed E-state index contributed by atoms with van der Waals surface area (Å²) in [5, 5.41) is 3.51. The number of aliphatic imine (C=N–C) groups is 1. The Labute approximate surface area is 148 Å². The molecule has 1 saturated heterocycles. The van der Waals surface area contributed by atoms with Crippen LogP contribution in [0.4, 0.5) is 4.39 Å². The molecule has 0 atom stereocenters. The molecule has 0 amide bonds. The molecule has 1 heterocycles. The van der Waals surface area contributed by atoms with Gasteiger partial charge in [-0.2, -0.15) is 11.8 Å². The molecule has 1 aliphatic heterocycles. The second kappa shape index (κ2) is 9.28. The summed E-state index contributed by atoms with van der Waals surface area (Å²) in [6, 6.07) is 6.70. The maximum absolute atomic E-state index is 13.3. The first-order chi connectivity index (χ1) is 11.6. The molecule has 1 N–H and O–H groups in total. The molecule has 0 aliphatic carbocycles. The van der Waals surface area contributed by atoms with Crippen molar-refractivity contribution < 1.29 is 9.13 Å². The molecule has 0 aromatic heterocycles. The maximum atomic E-state index is 13.3. The number of rotatable bonds is 6. The molecule has 1 aliphatic rings. The van der Waals surface area contributed by atoms with E-state index >= 15 is 0 Å². The lowest BCUT2D eigenvalue weighted by molar-refractivity contribution is 0.0780. The third kappa shape index (κ3) is 5.38. The molecule has 2 rings (SSSR count). The molecule has 1 fully saturated rings. The first kappa shape index (κ1) is 19.1. The second-order valence-corrected chi connectivity index (χ2v) is 7.85. The summed E-state index contributed by atoms with van der Waals surface area (Å²) >= 11 is 2.00. The lowest BCUT2D eigenvalue weighted by Gasteiger charge is -2.37. The summed E-state index contributed by atoms with van der Waals surface area (Å²) in [4.78, 5) is 6.41. The molecule has 0 bridgehead atoms. The predicted molar refractivity (Wildman–Crippen MR) is 100 cm³/mol. The largest absolute Gasteiger partial charge is 0.381 e. The van der Waals surface area contributed by atoms with Crippen molar-refractivity contribution in [3.8, 4) is 0 Å². The summed E-state index contributed by atoms with van der Waals surface area (Å²) in [7, 11) is 3.76. The molecule has 0 spiro atoms. The minimum absolute atomic E-state index is 0.204. The summed E-state index contributed by atoms with van der Waals surface area (Å²) in [6.07, 6.45) is 2.12. The zero-order chi connectivity index (χ0) is 17.4. The monoisotopic (exact) mass is 353 g/mol. The van der Waals surface area contributed by atoms with Crippen LogP contribution in [0.3, 0.4) is 0 Å². The van der Waals surface area contributed by atoms with Crippen molar-refractivity contribution in [3.05, 3.63) is 35.6 Å². The summed E-state index contributed by atoms with van der Waals surface area (Å²) < 4.78 is 19.1. The second-order valence-electron chi connectivity index (χ2n) is 6.12. The van der Waals surface area contributed by atoms with Crippen molar-refractivity contribution in [2.45, 2.75) is 31.1 Å². The normalized spacial score (nSPS) is 17.6. The van der Waals surface area contributed by atoms with Gasteiger partial charge in [0.25, 0.3) is 0 Å². The third-order valence-electron chi connectivity index (χ3n) is 4.31. The lowest BCUT2D eigenvalue weighted by Crippen LogP contribution is -2.48. The number of thioether (sulfide) groups is 1. The number of nitrogens with zero attached hydrogens (tertiary/aromatic N) is 2. The summed E-state index contributed by atoms with van der Waals surface area (Å²) in [5.74, 6) is 1.73. The van der Waals surface area contributed by atoms with Gasteiger partial charge in [-0.05, 0) is 36.3 Å². The standard InChI is InChI=1S/C18H28FN3OS/c1-4-24-18(8-10-23-11-9-18)14-21-17(20-2)22(3)13-15-6-5-7-16(19)12-15/h5-7,12H,4,8-11,13-14H2,1-3H3,(H,20,21). The SMILES string of the molecule is CCSC1(CNC(=NC)N(C)Cc2cccc(F)c2)CCOCC1. The van der Waals surface area contributed by atoms with E-state index in [9.17, 15) is 4.39 Å². The smallest absolute Gasteiger partial charge is 0.193 e. The van der Waals surface area contributed by atoms with E-state index in [0.717, 1.165) is 49.9 Å². The van der Waals surface area contributed by atoms with E-state index in [1.165, 1.54) is 6.07 Å². The van der Waals surface area contributed by atoms with Crippen LogP contribution in [0.1, 0.15) is 25.3 Å². The van der Waals surface area contributed by atoms with E-state index in [1.807, 2.05) is 29.8 Å². The van der Waals surface area contributed by atoms with E-state index < -0.39 is 0 Å². The van der Waals surface area contributed by atoms with Crippen molar-refractivity contribution in [3.63, 3.8) is 0 Å². The molecule has 6 heteroatoms. The minimum atomic E-state index is -0.204. The van der Waals surface area contributed by atoms with Crippen molar-refractivity contribution in [1.29, 1.82) is 0 Å². The van der Waals surface area contributed by atoms with Gasteiger partial charge in [0.2, 0.25) is 0 Å². The highest BCUT2D eigenvalue weighted by atomic mass is 32.2. The first-order valence-electron chi connectivity index (χ1n) is 8.46. The van der Waals surface area contributed by atoms with E-state index in [1.54, 1.807) is 19.2 Å². The van der Waals surface area contributed by atoms with Crippen molar-refractivity contribution in [1.82, 2.24) is 10.2 Å². The fourth-order valence-corrected chi connectivity index (χ4v) is 4.27. The highest BCUT2D eigenvalue weighted by Gasteiger charge is 2.32. The van der Waals surface area contributed by atoms with Gasteiger partial charge in [0.15, 0.2) is 5.96 Å². The fourth-order valence-electron chi connectivity index (χ4n) is 3.03. The van der Waals surface area contributed by atoms with Crippen LogP contribution in [-0.2, 0) is 11.3 Å². The van der Waals surface area contributed by atoms with Gasteiger partial charge in [0, 0.05) is 45.1 Å². The predicted octanol–water partition coefficient (Wildman–Crippen LogP) is 3.14. The van der Waals surface area contributed by atoms with Crippen molar-refractivity contribution in [2.75, 3.05) is 39.6 Å². The molecule has 1 aromatic rings. The molecular formula is C18H28FN3OS. The van der Waals surface area contributed by atoms with Crippen molar-refractivity contribution >= 4 is 17.7 Å². The number of nitrogens with one attached hydrogen (secondary N) is 1. The number of halogens is 1. The van der Waals surface area contributed by atoms with E-state index in [4.69, 9.17) is 4.74 Å². The minimum Gasteiger partial charge on any atom is -0.381 e. The van der Waals surface area contributed by atoms with E-state index in [2.05, 4.69) is 17.2 Å². The first-order valence-corrected chi connectivity index (χ1v) is 9.45.